The number of rotatable bonds is 6. The molecule has 0 unspecified atom stereocenters. The molecule has 0 fully saturated rings. The Bertz CT molecular complexity index is 3110. The molecule has 0 aliphatic carbocycles. The summed E-state index contributed by atoms with van der Waals surface area (Å²) in [5.41, 5.74) is 14.7. The van der Waals surface area contributed by atoms with Gasteiger partial charge in [0.05, 0.1) is 28.0 Å². The molecule has 0 spiro atoms. The number of hydrogen-bond acceptors (Lipinski definition) is 3. The van der Waals surface area contributed by atoms with Gasteiger partial charge in [-0.15, -0.1) is 0 Å². The van der Waals surface area contributed by atoms with Crippen molar-refractivity contribution in [1.82, 2.24) is 14.5 Å². The summed E-state index contributed by atoms with van der Waals surface area (Å²) in [6.07, 6.45) is 1.80. The van der Waals surface area contributed by atoms with Crippen molar-refractivity contribution in [2.24, 2.45) is 0 Å². The van der Waals surface area contributed by atoms with Gasteiger partial charge in [-0.3, -0.25) is 9.55 Å². The zero-order valence-electron chi connectivity index (χ0n) is 42.1. The zero-order valence-corrected chi connectivity index (χ0v) is 39.1. The molecule has 0 bridgehead atoms. The van der Waals surface area contributed by atoms with Crippen LogP contribution in [0.25, 0.3) is 72.7 Å². The zero-order chi connectivity index (χ0) is 47.7. The Morgan fingerprint density at radius 2 is 1.13 bits per heavy atom. The Labute approximate surface area is 380 Å². The average Bonchev–Trinajstić information content (AvgIpc) is 3.64. The van der Waals surface area contributed by atoms with Gasteiger partial charge in [-0.1, -0.05) is 174 Å². The first-order valence-corrected chi connectivity index (χ1v) is 22.1. The minimum absolute atomic E-state index is 0.0953. The monoisotopic (exact) mass is 833 g/mol. The van der Waals surface area contributed by atoms with E-state index in [4.69, 9.17) is 14.1 Å². The van der Waals surface area contributed by atoms with Gasteiger partial charge in [0.15, 0.2) is 0 Å². The predicted molar refractivity (Wildman–Crippen MR) is 267 cm³/mol. The van der Waals surface area contributed by atoms with Crippen LogP contribution in [0.15, 0.2) is 140 Å². The number of aromatic nitrogens is 3. The van der Waals surface area contributed by atoms with Crippen molar-refractivity contribution in [1.29, 1.82) is 0 Å². The van der Waals surface area contributed by atoms with Crippen molar-refractivity contribution in [3.05, 3.63) is 167 Å². The standard InChI is InChI=1S/C59H63N3O/c1-37-19-17-22-39(29-37)40-27-28-60-50(33-40)42-30-41(31-44(32-42)57(5,6)7)46-23-18-24-52-53(46)61-55(48-35-45(58(8,9)10)36-49(54(48)63)59(11,12)13)62(52)51-26-25-43(56(2,3)4)34-47(51)38-20-15-14-16-21-38/h14-36,63H,1-13H3/i1D3. The van der Waals surface area contributed by atoms with E-state index in [1.165, 1.54) is 5.56 Å². The molecule has 320 valence electrons. The first-order valence-electron chi connectivity index (χ1n) is 23.6. The molecular formula is C59H63N3O. The van der Waals surface area contributed by atoms with Crippen LogP contribution in [0.4, 0.5) is 0 Å². The first kappa shape index (κ1) is 39.6. The molecule has 0 amide bonds. The Morgan fingerprint density at radius 3 is 1.81 bits per heavy atom. The summed E-state index contributed by atoms with van der Waals surface area (Å²) in [6.45, 7) is 24.3. The van der Waals surface area contributed by atoms with E-state index in [-0.39, 0.29) is 27.4 Å². The summed E-state index contributed by atoms with van der Waals surface area (Å²) >= 11 is 0. The van der Waals surface area contributed by atoms with Crippen molar-refractivity contribution in [2.75, 3.05) is 0 Å². The quantitative estimate of drug-likeness (QED) is 0.182. The van der Waals surface area contributed by atoms with Crippen LogP contribution in [0.2, 0.25) is 0 Å². The third kappa shape index (κ3) is 8.61. The molecule has 8 aromatic rings. The largest absolute Gasteiger partial charge is 0.507 e. The molecule has 0 saturated heterocycles. The lowest BCUT2D eigenvalue weighted by Gasteiger charge is -2.28. The first-order chi connectivity index (χ1) is 30.8. The highest BCUT2D eigenvalue weighted by Gasteiger charge is 2.30. The van der Waals surface area contributed by atoms with Gasteiger partial charge in [-0.05, 0) is 116 Å². The summed E-state index contributed by atoms with van der Waals surface area (Å²) in [5.74, 6) is 0.890. The van der Waals surface area contributed by atoms with Gasteiger partial charge in [0.25, 0.3) is 0 Å². The minimum Gasteiger partial charge on any atom is -0.507 e. The molecule has 4 heteroatoms. The van der Waals surface area contributed by atoms with Gasteiger partial charge >= 0.3 is 0 Å². The number of imidazole rings is 1. The second-order valence-corrected chi connectivity index (χ2v) is 21.3. The molecule has 6 aromatic carbocycles. The molecule has 1 N–H and O–H groups in total. The van der Waals surface area contributed by atoms with E-state index in [9.17, 15) is 5.11 Å². The molecule has 8 rings (SSSR count). The van der Waals surface area contributed by atoms with Crippen LogP contribution in [0, 0.1) is 6.85 Å². The summed E-state index contributed by atoms with van der Waals surface area (Å²) < 4.78 is 26.3. The third-order valence-corrected chi connectivity index (χ3v) is 12.3. The van der Waals surface area contributed by atoms with E-state index in [2.05, 4.69) is 185 Å². The predicted octanol–water partition coefficient (Wildman–Crippen LogP) is 16.0. The maximum absolute atomic E-state index is 12.5. The SMILES string of the molecule is [2H]C([2H])([2H])c1cccc(-c2ccnc(-c3cc(-c4cccc5c4nc(-c4cc(C(C)(C)C)cc(C(C)(C)C)c4O)n5-c4ccc(C(C)(C)C)cc4-c4ccccc4)cc(C(C)(C)C)c3)c2)c1. The van der Waals surface area contributed by atoms with E-state index in [0.717, 1.165) is 78.0 Å². The van der Waals surface area contributed by atoms with Crippen LogP contribution >= 0.6 is 0 Å². The molecule has 0 atom stereocenters. The highest BCUT2D eigenvalue weighted by Crippen LogP contribution is 2.46. The number of fused-ring (bicyclic) bond motifs is 1. The van der Waals surface area contributed by atoms with E-state index in [1.54, 1.807) is 24.4 Å². The summed E-state index contributed by atoms with van der Waals surface area (Å²) in [4.78, 5) is 10.6. The third-order valence-electron chi connectivity index (χ3n) is 12.3. The molecule has 0 radical (unpaired) electrons. The Morgan fingerprint density at radius 1 is 0.492 bits per heavy atom. The van der Waals surface area contributed by atoms with Gasteiger partial charge in [0, 0.05) is 32.6 Å². The maximum atomic E-state index is 12.5. The molecule has 0 aliphatic heterocycles. The second kappa shape index (κ2) is 15.8. The molecule has 0 saturated carbocycles. The number of aromatic hydroxyl groups is 1. The van der Waals surface area contributed by atoms with Gasteiger partial charge in [0.2, 0.25) is 0 Å². The number of para-hydroxylation sites is 1. The summed E-state index contributed by atoms with van der Waals surface area (Å²) in [6, 6.07) is 45.8. The number of phenolic OH excluding ortho intramolecular Hbond substituents is 1. The number of hydrogen-bond donors (Lipinski definition) is 1. The summed E-state index contributed by atoms with van der Waals surface area (Å²) in [5, 5.41) is 12.5. The molecule has 0 aliphatic rings. The lowest BCUT2D eigenvalue weighted by atomic mass is 9.79. The Hall–Kier alpha value is -6.26. The van der Waals surface area contributed by atoms with Crippen LogP contribution in [0.5, 0.6) is 5.75 Å². The van der Waals surface area contributed by atoms with E-state index in [0.29, 0.717) is 17.0 Å². The van der Waals surface area contributed by atoms with Gasteiger partial charge in [-0.25, -0.2) is 4.98 Å². The van der Waals surface area contributed by atoms with Crippen molar-refractivity contribution in [2.45, 2.75) is 112 Å². The van der Waals surface area contributed by atoms with Crippen LogP contribution in [0.3, 0.4) is 0 Å². The van der Waals surface area contributed by atoms with E-state index >= 15 is 0 Å². The van der Waals surface area contributed by atoms with E-state index in [1.807, 2.05) is 18.2 Å². The van der Waals surface area contributed by atoms with Gasteiger partial charge in [0.1, 0.15) is 11.6 Å². The fourth-order valence-corrected chi connectivity index (χ4v) is 8.44. The molecule has 2 heterocycles. The molecule has 2 aromatic heterocycles. The van der Waals surface area contributed by atoms with Gasteiger partial charge in [-0.2, -0.15) is 0 Å². The number of benzene rings is 6. The number of nitrogens with zero attached hydrogens (tertiary/aromatic N) is 3. The minimum atomic E-state index is -2.21. The smallest absolute Gasteiger partial charge is 0.149 e. The van der Waals surface area contributed by atoms with Crippen molar-refractivity contribution in [3.63, 3.8) is 0 Å². The molecule has 63 heavy (non-hydrogen) atoms. The maximum Gasteiger partial charge on any atom is 0.149 e. The van der Waals surface area contributed by atoms with Gasteiger partial charge < -0.3 is 5.11 Å². The highest BCUT2D eigenvalue weighted by atomic mass is 16.3. The van der Waals surface area contributed by atoms with Crippen molar-refractivity contribution < 1.29 is 9.22 Å². The molecule has 4 nitrogen and oxygen atoms in total. The average molecular weight is 833 g/mol. The Balaban J connectivity index is 1.44. The number of phenols is 1. The van der Waals surface area contributed by atoms with Crippen molar-refractivity contribution in [3.8, 4) is 67.5 Å². The molecular weight excluding hydrogens is 767 g/mol. The lowest BCUT2D eigenvalue weighted by Crippen LogP contribution is -2.17. The van der Waals surface area contributed by atoms with Crippen LogP contribution in [-0.2, 0) is 21.7 Å². The highest BCUT2D eigenvalue weighted by molar-refractivity contribution is 5.98. The lowest BCUT2D eigenvalue weighted by molar-refractivity contribution is 0.446. The van der Waals surface area contributed by atoms with Crippen LogP contribution in [-0.4, -0.2) is 19.6 Å². The normalized spacial score (nSPS) is 13.5. The number of pyridine rings is 1. The van der Waals surface area contributed by atoms with E-state index < -0.39 is 6.85 Å². The van der Waals surface area contributed by atoms with Crippen LogP contribution < -0.4 is 0 Å². The second-order valence-electron chi connectivity index (χ2n) is 21.3. The van der Waals surface area contributed by atoms with Crippen LogP contribution in [0.1, 0.15) is 115 Å². The summed E-state index contributed by atoms with van der Waals surface area (Å²) in [7, 11) is 0. The Kier molecular flexibility index (Phi) is 9.94. The fraction of sp³-hybridized carbons (Fsp3) is 0.288. The fourth-order valence-electron chi connectivity index (χ4n) is 8.44. The number of aryl methyl sites for hydroxylation is 1. The van der Waals surface area contributed by atoms with Crippen molar-refractivity contribution >= 4 is 11.0 Å². The topological polar surface area (TPSA) is 50.9 Å².